The number of nitrogens with one attached hydrogen (secondary N) is 1. The number of rotatable bonds is 5. The molecule has 0 spiro atoms. The van der Waals surface area contributed by atoms with Crippen LogP contribution < -0.4 is 5.32 Å². The van der Waals surface area contributed by atoms with Crippen molar-refractivity contribution in [1.29, 1.82) is 0 Å². The topological polar surface area (TPSA) is 70.5 Å². The average Bonchev–Trinajstić information content (AvgIpc) is 3.66. The van der Waals surface area contributed by atoms with Crippen LogP contribution in [0.1, 0.15) is 32.8 Å². The molecule has 4 aromatic rings. The minimum atomic E-state index is -4.38. The molecule has 11 heteroatoms. The maximum atomic E-state index is 13.2. The summed E-state index contributed by atoms with van der Waals surface area (Å²) in [5, 5.41) is 6.21. The highest BCUT2D eigenvalue weighted by atomic mass is 32.1. The molecule has 2 aromatic heterocycles. The van der Waals surface area contributed by atoms with Crippen LogP contribution in [0.15, 0.2) is 59.6 Å². The van der Waals surface area contributed by atoms with E-state index < -0.39 is 11.7 Å². The lowest BCUT2D eigenvalue weighted by Gasteiger charge is -2.41. The Morgan fingerprint density at radius 1 is 1.00 bits per heavy atom. The third-order valence-corrected chi connectivity index (χ3v) is 8.11. The first kappa shape index (κ1) is 25.6. The van der Waals surface area contributed by atoms with Crippen molar-refractivity contribution in [2.24, 2.45) is 7.05 Å². The number of hydrogen-bond donors (Lipinski definition) is 1. The van der Waals surface area contributed by atoms with Gasteiger partial charge in [-0.2, -0.15) is 13.2 Å². The number of carbonyl (C=O) groups excluding carboxylic acids is 2. The van der Waals surface area contributed by atoms with Gasteiger partial charge in [-0.05, 0) is 36.2 Å². The summed E-state index contributed by atoms with van der Waals surface area (Å²) >= 11 is 1.41. The standard InChI is InChI=1S/C28H26F3N5O2S/c1-34-14-23(17-2-5-19(6-3-17)28(29,30)31)22-7-4-18(10-25(22)34)26(37)36-12-21(13-36)33-20-8-9-35(11-20)27(38)24-15-39-16-32-24/h2-7,10,14-16,20-21,33H,8-9,11-13H2,1H3. The molecule has 202 valence electrons. The highest BCUT2D eigenvalue weighted by Gasteiger charge is 2.35. The predicted molar refractivity (Wildman–Crippen MR) is 143 cm³/mol. The molecule has 1 N–H and O–H groups in total. The maximum Gasteiger partial charge on any atom is 0.416 e. The number of aryl methyl sites for hydroxylation is 1. The minimum absolute atomic E-state index is 0.0384. The number of amides is 2. The van der Waals surface area contributed by atoms with Crippen LogP contribution in [-0.2, 0) is 13.2 Å². The summed E-state index contributed by atoms with van der Waals surface area (Å²) in [4.78, 5) is 33.4. The summed E-state index contributed by atoms with van der Waals surface area (Å²) in [6.07, 6.45) is -1.64. The number of halogens is 3. The lowest BCUT2D eigenvalue weighted by atomic mass is 10.0. The summed E-state index contributed by atoms with van der Waals surface area (Å²) in [5.74, 6) is -0.0949. The van der Waals surface area contributed by atoms with E-state index >= 15 is 0 Å². The van der Waals surface area contributed by atoms with Crippen molar-refractivity contribution in [3.8, 4) is 11.1 Å². The molecular formula is C28H26F3N5O2S. The Labute approximate surface area is 226 Å². The zero-order valence-corrected chi connectivity index (χ0v) is 21.9. The molecule has 1 atom stereocenters. The van der Waals surface area contributed by atoms with Crippen LogP contribution in [0.3, 0.4) is 0 Å². The van der Waals surface area contributed by atoms with Crippen molar-refractivity contribution in [1.82, 2.24) is 24.7 Å². The Morgan fingerprint density at radius 3 is 2.44 bits per heavy atom. The molecule has 2 aromatic carbocycles. The van der Waals surface area contributed by atoms with E-state index in [9.17, 15) is 22.8 Å². The largest absolute Gasteiger partial charge is 0.416 e. The van der Waals surface area contributed by atoms with Gasteiger partial charge in [0.05, 0.1) is 11.1 Å². The highest BCUT2D eigenvalue weighted by Crippen LogP contribution is 2.34. The van der Waals surface area contributed by atoms with E-state index in [2.05, 4.69) is 10.3 Å². The minimum Gasteiger partial charge on any atom is -0.350 e. The molecule has 6 rings (SSSR count). The van der Waals surface area contributed by atoms with Gasteiger partial charge in [-0.25, -0.2) is 4.98 Å². The Morgan fingerprint density at radius 2 is 1.74 bits per heavy atom. The lowest BCUT2D eigenvalue weighted by Crippen LogP contribution is -2.62. The second-order valence-electron chi connectivity index (χ2n) is 10.1. The van der Waals surface area contributed by atoms with Crippen LogP contribution in [0.4, 0.5) is 13.2 Å². The normalized spacial score (nSPS) is 18.1. The van der Waals surface area contributed by atoms with Crippen molar-refractivity contribution >= 4 is 34.1 Å². The number of aromatic nitrogens is 2. The van der Waals surface area contributed by atoms with Gasteiger partial charge in [0.2, 0.25) is 0 Å². The molecule has 4 heterocycles. The van der Waals surface area contributed by atoms with Gasteiger partial charge < -0.3 is 19.7 Å². The molecule has 7 nitrogen and oxygen atoms in total. The van der Waals surface area contributed by atoms with Crippen molar-refractivity contribution < 1.29 is 22.8 Å². The van der Waals surface area contributed by atoms with E-state index in [0.29, 0.717) is 43.0 Å². The van der Waals surface area contributed by atoms with Gasteiger partial charge >= 0.3 is 6.18 Å². The molecule has 2 saturated heterocycles. The quantitative estimate of drug-likeness (QED) is 0.391. The molecule has 2 aliphatic heterocycles. The van der Waals surface area contributed by atoms with Crippen LogP contribution in [0, 0.1) is 0 Å². The number of thiazole rings is 1. The van der Waals surface area contributed by atoms with E-state index in [-0.39, 0.29) is 23.9 Å². The van der Waals surface area contributed by atoms with Gasteiger partial charge in [-0.3, -0.25) is 9.59 Å². The second-order valence-corrected chi connectivity index (χ2v) is 10.9. The van der Waals surface area contributed by atoms with E-state index in [4.69, 9.17) is 0 Å². The van der Waals surface area contributed by atoms with Gasteiger partial charge in [0.15, 0.2) is 0 Å². The van der Waals surface area contributed by atoms with E-state index in [1.54, 1.807) is 21.9 Å². The predicted octanol–water partition coefficient (Wildman–Crippen LogP) is 4.65. The summed E-state index contributed by atoms with van der Waals surface area (Å²) in [6.45, 7) is 2.51. The summed E-state index contributed by atoms with van der Waals surface area (Å²) in [6, 6.07) is 11.0. The molecule has 0 saturated carbocycles. The van der Waals surface area contributed by atoms with Crippen LogP contribution in [0.25, 0.3) is 22.0 Å². The fraction of sp³-hybridized carbons (Fsp3) is 0.321. The van der Waals surface area contributed by atoms with Crippen LogP contribution >= 0.6 is 11.3 Å². The van der Waals surface area contributed by atoms with Gasteiger partial charge in [-0.1, -0.05) is 18.2 Å². The van der Waals surface area contributed by atoms with E-state index in [1.165, 1.54) is 23.5 Å². The van der Waals surface area contributed by atoms with Gasteiger partial charge in [0.1, 0.15) is 5.69 Å². The SMILES string of the molecule is Cn1cc(-c2ccc(C(F)(F)F)cc2)c2ccc(C(=O)N3CC(NC4CCN(C(=O)c5cscn5)C4)C3)cc21. The Hall–Kier alpha value is -3.70. The first-order valence-corrected chi connectivity index (χ1v) is 13.6. The maximum absolute atomic E-state index is 13.2. The number of nitrogens with zero attached hydrogens (tertiary/aromatic N) is 4. The zero-order chi connectivity index (χ0) is 27.3. The van der Waals surface area contributed by atoms with Crippen LogP contribution in [-0.4, -0.2) is 69.4 Å². The summed E-state index contributed by atoms with van der Waals surface area (Å²) < 4.78 is 40.8. The van der Waals surface area contributed by atoms with Crippen LogP contribution in [0.5, 0.6) is 0 Å². The number of benzene rings is 2. The number of hydrogen-bond acceptors (Lipinski definition) is 5. The number of likely N-dealkylation sites (tertiary alicyclic amines) is 2. The molecule has 0 bridgehead atoms. The molecule has 0 radical (unpaired) electrons. The summed E-state index contributed by atoms with van der Waals surface area (Å²) in [5.41, 5.74) is 4.37. The van der Waals surface area contributed by atoms with Crippen molar-refractivity contribution in [2.75, 3.05) is 26.2 Å². The molecular weight excluding hydrogens is 527 g/mol. The molecule has 2 aliphatic rings. The molecule has 39 heavy (non-hydrogen) atoms. The average molecular weight is 554 g/mol. The Kier molecular flexibility index (Phi) is 6.43. The van der Waals surface area contributed by atoms with E-state index in [0.717, 1.165) is 35.0 Å². The third-order valence-electron chi connectivity index (χ3n) is 7.53. The fourth-order valence-electron chi connectivity index (χ4n) is 5.41. The first-order chi connectivity index (χ1) is 18.7. The fourth-order valence-corrected chi connectivity index (χ4v) is 5.94. The van der Waals surface area contributed by atoms with Crippen molar-refractivity contribution in [3.63, 3.8) is 0 Å². The number of carbonyl (C=O) groups is 2. The molecule has 1 unspecified atom stereocenters. The third kappa shape index (κ3) is 4.92. The monoisotopic (exact) mass is 553 g/mol. The first-order valence-electron chi connectivity index (χ1n) is 12.7. The van der Waals surface area contributed by atoms with Crippen molar-refractivity contribution in [3.05, 3.63) is 76.4 Å². The zero-order valence-electron chi connectivity index (χ0n) is 21.1. The molecule has 2 fully saturated rings. The number of alkyl halides is 3. The second kappa shape index (κ2) is 9.80. The molecule has 2 amide bonds. The van der Waals surface area contributed by atoms with Crippen molar-refractivity contribution in [2.45, 2.75) is 24.7 Å². The Balaban J connectivity index is 1.08. The van der Waals surface area contributed by atoms with Gasteiger partial charge in [-0.15, -0.1) is 11.3 Å². The Bertz CT molecular complexity index is 1530. The van der Waals surface area contributed by atoms with Gasteiger partial charge in [0, 0.05) is 78.9 Å². The smallest absolute Gasteiger partial charge is 0.350 e. The number of fused-ring (bicyclic) bond motifs is 1. The highest BCUT2D eigenvalue weighted by molar-refractivity contribution is 7.07. The van der Waals surface area contributed by atoms with E-state index in [1.807, 2.05) is 34.8 Å². The summed E-state index contributed by atoms with van der Waals surface area (Å²) in [7, 11) is 1.86. The van der Waals surface area contributed by atoms with Gasteiger partial charge in [0.25, 0.3) is 11.8 Å². The van der Waals surface area contributed by atoms with Crippen LogP contribution in [0.2, 0.25) is 0 Å². The lowest BCUT2D eigenvalue weighted by molar-refractivity contribution is -0.137. The molecule has 0 aliphatic carbocycles.